The Balaban J connectivity index is 1.30. The lowest BCUT2D eigenvalue weighted by Crippen LogP contribution is -2.34. The van der Waals surface area contributed by atoms with E-state index in [4.69, 9.17) is 0 Å². The summed E-state index contributed by atoms with van der Waals surface area (Å²) in [7, 11) is 0. The Labute approximate surface area is 291 Å². The van der Waals surface area contributed by atoms with Crippen LogP contribution >= 0.6 is 0 Å². The van der Waals surface area contributed by atoms with Crippen molar-refractivity contribution in [2.45, 2.75) is 82.9 Å². The summed E-state index contributed by atoms with van der Waals surface area (Å²) in [6.45, 7) is 2.15. The highest BCUT2D eigenvalue weighted by molar-refractivity contribution is 5.67. The van der Waals surface area contributed by atoms with Crippen LogP contribution in [0.25, 0.3) is 22.3 Å². The summed E-state index contributed by atoms with van der Waals surface area (Å²) in [5, 5.41) is 0. The van der Waals surface area contributed by atoms with Crippen LogP contribution in [0.15, 0.2) is 60.7 Å². The van der Waals surface area contributed by atoms with Gasteiger partial charge in [-0.25, -0.2) is 26.3 Å². The molecule has 280 valence electrons. The second-order valence-electron chi connectivity index (χ2n) is 12.8. The molecule has 0 aromatic heterocycles. The summed E-state index contributed by atoms with van der Waals surface area (Å²) in [4.78, 5) is 0. The van der Waals surface area contributed by atoms with E-state index in [-0.39, 0.29) is 35.2 Å². The van der Waals surface area contributed by atoms with Gasteiger partial charge in [0, 0.05) is 17.2 Å². The number of rotatable bonds is 13. The normalized spacial score (nSPS) is 16.7. The molecule has 1 saturated carbocycles. The molecule has 1 fully saturated rings. The van der Waals surface area contributed by atoms with E-state index in [1.54, 1.807) is 6.07 Å². The van der Waals surface area contributed by atoms with E-state index >= 15 is 22.0 Å². The molecule has 0 saturated heterocycles. The fraction of sp³-hybridized carbons (Fsp3) is 0.368. The zero-order valence-corrected chi connectivity index (χ0v) is 27.5. The lowest BCUT2D eigenvalue weighted by molar-refractivity contribution is -0.255. The van der Waals surface area contributed by atoms with Gasteiger partial charge in [-0.2, -0.15) is 26.3 Å². The van der Waals surface area contributed by atoms with E-state index in [1.807, 2.05) is 0 Å². The van der Waals surface area contributed by atoms with Gasteiger partial charge in [0.1, 0.15) is 34.6 Å². The largest absolute Gasteiger partial charge is 0.461 e. The minimum atomic E-state index is -5.26. The maximum Gasteiger partial charge on any atom is 0.461 e. The Morgan fingerprint density at radius 2 is 1.17 bits per heavy atom. The van der Waals surface area contributed by atoms with Gasteiger partial charge < -0.3 is 9.47 Å². The highest BCUT2D eigenvalue weighted by Gasteiger charge is 2.45. The molecular formula is C38H32F12O2. The lowest BCUT2D eigenvalue weighted by Gasteiger charge is -2.29. The zero-order valence-electron chi connectivity index (χ0n) is 27.5. The van der Waals surface area contributed by atoms with Crippen LogP contribution in [0.5, 0.6) is 11.5 Å². The van der Waals surface area contributed by atoms with Gasteiger partial charge in [-0.1, -0.05) is 44.7 Å². The summed E-state index contributed by atoms with van der Waals surface area (Å²) in [6, 6.07) is 7.41. The molecule has 52 heavy (non-hydrogen) atoms. The number of unbranched alkanes of at least 4 members (excludes halogenated alkanes) is 2. The molecule has 1 aliphatic rings. The average molecular weight is 749 g/mol. The summed E-state index contributed by atoms with van der Waals surface area (Å²) in [5.41, 5.74) is -3.09. The molecule has 0 aliphatic heterocycles. The van der Waals surface area contributed by atoms with Crippen LogP contribution in [0, 0.1) is 40.8 Å². The van der Waals surface area contributed by atoms with Gasteiger partial charge >= 0.3 is 18.6 Å². The summed E-state index contributed by atoms with van der Waals surface area (Å²) in [6.07, 6.45) is -5.99. The van der Waals surface area contributed by atoms with Crippen LogP contribution < -0.4 is 9.47 Å². The first-order valence-corrected chi connectivity index (χ1v) is 16.5. The van der Waals surface area contributed by atoms with Crippen LogP contribution in [-0.2, 0) is 6.11 Å². The van der Waals surface area contributed by atoms with Gasteiger partial charge in [-0.3, -0.25) is 0 Å². The van der Waals surface area contributed by atoms with Gasteiger partial charge in [-0.15, -0.1) is 0 Å². The fourth-order valence-corrected chi connectivity index (χ4v) is 6.48. The van der Waals surface area contributed by atoms with Crippen molar-refractivity contribution in [3.05, 3.63) is 107 Å². The van der Waals surface area contributed by atoms with Crippen molar-refractivity contribution in [3.8, 4) is 33.8 Å². The quantitative estimate of drug-likeness (QED) is 0.100. The first-order valence-electron chi connectivity index (χ1n) is 16.5. The van der Waals surface area contributed by atoms with Gasteiger partial charge in [0.05, 0.1) is 0 Å². The van der Waals surface area contributed by atoms with Crippen LogP contribution in [0.3, 0.4) is 0 Å². The molecule has 4 aromatic carbocycles. The standard InChI is InChI=1S/C38H32F12O2/c1-2-3-4-5-20-6-8-21(9-7-20)22-10-12-26(28(39)14-22)23-15-30(41)34(31(42)16-23)37(47,48)51-25-11-13-27(29(40)19-25)24-17-32(43)35(33(44)18-24)52-38(49,50)36(45)46/h10-21,36H,2-9H2,1H3. The Kier molecular flexibility index (Phi) is 11.7. The molecule has 2 nitrogen and oxygen atoms in total. The molecule has 0 atom stereocenters. The predicted octanol–water partition coefficient (Wildman–Crippen LogP) is 13.1. The number of alkyl halides is 6. The SMILES string of the molecule is CCCCCC1CCC(c2ccc(-c3cc(F)c(C(F)(F)Oc4ccc(-c5cc(F)c(OC(F)(F)C(F)F)c(F)c5)c(F)c4)c(F)c3)c(F)c2)CC1. The molecule has 5 rings (SSSR count). The molecule has 0 radical (unpaired) electrons. The number of ether oxygens (including phenoxy) is 2. The first kappa shape index (κ1) is 38.9. The third-order valence-corrected chi connectivity index (χ3v) is 9.16. The molecule has 0 unspecified atom stereocenters. The molecule has 0 heterocycles. The number of benzene rings is 4. The smallest absolute Gasteiger partial charge is 0.429 e. The van der Waals surface area contributed by atoms with E-state index in [1.165, 1.54) is 25.0 Å². The monoisotopic (exact) mass is 748 g/mol. The molecule has 14 heteroatoms. The lowest BCUT2D eigenvalue weighted by atomic mass is 9.77. The molecule has 0 amide bonds. The Morgan fingerprint density at radius 1 is 0.635 bits per heavy atom. The number of hydrogen-bond acceptors (Lipinski definition) is 2. The van der Waals surface area contributed by atoms with Crippen molar-refractivity contribution in [2.75, 3.05) is 0 Å². The topological polar surface area (TPSA) is 18.5 Å². The fourth-order valence-electron chi connectivity index (χ4n) is 6.48. The third kappa shape index (κ3) is 8.63. The Bertz CT molecular complexity index is 1840. The maximum absolute atomic E-state index is 15.3. The van der Waals surface area contributed by atoms with E-state index in [0.717, 1.165) is 44.1 Å². The predicted molar refractivity (Wildman–Crippen MR) is 168 cm³/mol. The summed E-state index contributed by atoms with van der Waals surface area (Å²) < 4.78 is 178. The van der Waals surface area contributed by atoms with Gasteiger partial charge in [0.25, 0.3) is 0 Å². The van der Waals surface area contributed by atoms with E-state index in [0.29, 0.717) is 30.2 Å². The van der Waals surface area contributed by atoms with E-state index < -0.39 is 81.7 Å². The molecule has 1 aliphatic carbocycles. The van der Waals surface area contributed by atoms with Crippen molar-refractivity contribution < 1.29 is 62.2 Å². The highest BCUT2D eigenvalue weighted by atomic mass is 19.3. The Morgan fingerprint density at radius 3 is 1.69 bits per heavy atom. The first-order chi connectivity index (χ1) is 24.5. The van der Waals surface area contributed by atoms with E-state index in [2.05, 4.69) is 16.4 Å². The molecule has 0 N–H and O–H groups in total. The molecule has 0 bridgehead atoms. The van der Waals surface area contributed by atoms with Gasteiger partial charge in [-0.05, 0) is 96.7 Å². The van der Waals surface area contributed by atoms with Gasteiger partial charge in [0.15, 0.2) is 17.4 Å². The zero-order chi connectivity index (χ0) is 38.0. The van der Waals surface area contributed by atoms with Crippen LogP contribution in [0.2, 0.25) is 0 Å². The average Bonchev–Trinajstić information content (AvgIpc) is 3.06. The minimum Gasteiger partial charge on any atom is -0.429 e. The molecule has 4 aromatic rings. The number of hydrogen-bond donors (Lipinski definition) is 0. The minimum absolute atomic E-state index is 0.120. The number of halogens is 12. The van der Waals surface area contributed by atoms with E-state index in [9.17, 15) is 30.7 Å². The highest BCUT2D eigenvalue weighted by Crippen LogP contribution is 2.42. The second-order valence-corrected chi connectivity index (χ2v) is 12.8. The maximum atomic E-state index is 15.3. The summed E-state index contributed by atoms with van der Waals surface area (Å²) in [5.74, 6) is -11.8. The third-order valence-electron chi connectivity index (χ3n) is 9.16. The van der Waals surface area contributed by atoms with Crippen molar-refractivity contribution in [1.29, 1.82) is 0 Å². The van der Waals surface area contributed by atoms with Crippen LogP contribution in [0.4, 0.5) is 52.7 Å². The Hall–Kier alpha value is -4.36. The van der Waals surface area contributed by atoms with Crippen molar-refractivity contribution in [3.63, 3.8) is 0 Å². The second kappa shape index (κ2) is 15.7. The van der Waals surface area contributed by atoms with Crippen LogP contribution in [0.1, 0.15) is 75.3 Å². The van der Waals surface area contributed by atoms with Crippen molar-refractivity contribution in [2.24, 2.45) is 5.92 Å². The molecular weight excluding hydrogens is 716 g/mol. The van der Waals surface area contributed by atoms with Gasteiger partial charge in [0.2, 0.25) is 0 Å². The summed E-state index contributed by atoms with van der Waals surface area (Å²) >= 11 is 0. The van der Waals surface area contributed by atoms with Crippen molar-refractivity contribution in [1.82, 2.24) is 0 Å². The van der Waals surface area contributed by atoms with Crippen molar-refractivity contribution >= 4 is 0 Å². The molecule has 0 spiro atoms. The van der Waals surface area contributed by atoms with Crippen LogP contribution in [-0.4, -0.2) is 12.5 Å².